The zero-order chi connectivity index (χ0) is 19.4. The Bertz CT molecular complexity index is 784. The van der Waals surface area contributed by atoms with Crippen LogP contribution in [0.3, 0.4) is 0 Å². The van der Waals surface area contributed by atoms with Crippen molar-refractivity contribution < 1.29 is 13.6 Å². The molecule has 27 heavy (non-hydrogen) atoms. The maximum absolute atomic E-state index is 14.1. The number of halogens is 2. The van der Waals surface area contributed by atoms with E-state index >= 15 is 0 Å². The fourth-order valence-electron chi connectivity index (χ4n) is 3.46. The molecule has 1 saturated carbocycles. The summed E-state index contributed by atoms with van der Waals surface area (Å²) in [4.78, 5) is 23.2. The highest BCUT2D eigenvalue weighted by Crippen LogP contribution is 2.27. The van der Waals surface area contributed by atoms with Crippen LogP contribution in [0.15, 0.2) is 29.4 Å². The Morgan fingerprint density at radius 1 is 1.15 bits per heavy atom. The number of aromatic nitrogens is 2. The van der Waals surface area contributed by atoms with E-state index in [-0.39, 0.29) is 29.8 Å². The van der Waals surface area contributed by atoms with Gasteiger partial charge in [-0.15, -0.1) is 0 Å². The minimum atomic E-state index is -0.615. The molecule has 144 valence electrons. The third-order valence-corrected chi connectivity index (χ3v) is 5.59. The molecule has 1 heterocycles. The average Bonchev–Trinajstić information content (AvgIpc) is 3.13. The number of carbonyl (C=O) groups excluding carboxylic acids is 1. The lowest BCUT2D eigenvalue weighted by Gasteiger charge is -2.29. The summed E-state index contributed by atoms with van der Waals surface area (Å²) in [5, 5.41) is 0.546. The van der Waals surface area contributed by atoms with Gasteiger partial charge in [0.1, 0.15) is 11.6 Å². The Morgan fingerprint density at radius 3 is 2.33 bits per heavy atom. The van der Waals surface area contributed by atoms with Crippen molar-refractivity contribution in [1.82, 2.24) is 14.9 Å². The summed E-state index contributed by atoms with van der Waals surface area (Å²) < 4.78 is 28.2. The Hall–Kier alpha value is -2.02. The summed E-state index contributed by atoms with van der Waals surface area (Å²) in [6.45, 7) is 3.72. The van der Waals surface area contributed by atoms with Crippen LogP contribution in [0.1, 0.15) is 42.6 Å². The molecule has 0 unspecified atom stereocenters. The van der Waals surface area contributed by atoms with Crippen molar-refractivity contribution in [2.75, 3.05) is 5.75 Å². The molecule has 0 atom stereocenters. The Labute approximate surface area is 162 Å². The van der Waals surface area contributed by atoms with Crippen LogP contribution in [-0.2, 0) is 11.3 Å². The van der Waals surface area contributed by atoms with E-state index in [0.717, 1.165) is 37.1 Å². The van der Waals surface area contributed by atoms with Crippen LogP contribution >= 0.6 is 11.8 Å². The molecule has 0 N–H and O–H groups in total. The molecule has 2 aromatic rings. The fourth-order valence-corrected chi connectivity index (χ4v) is 4.29. The number of benzene rings is 1. The van der Waals surface area contributed by atoms with E-state index < -0.39 is 11.6 Å². The average molecular weight is 391 g/mol. The highest BCUT2D eigenvalue weighted by Gasteiger charge is 2.28. The predicted molar refractivity (Wildman–Crippen MR) is 101 cm³/mol. The Balaban J connectivity index is 1.75. The second kappa shape index (κ2) is 8.78. The van der Waals surface area contributed by atoms with Gasteiger partial charge in [-0.1, -0.05) is 30.7 Å². The summed E-state index contributed by atoms with van der Waals surface area (Å²) in [7, 11) is 0. The van der Waals surface area contributed by atoms with Gasteiger partial charge in [-0.2, -0.15) is 0 Å². The Kier molecular flexibility index (Phi) is 6.42. The van der Waals surface area contributed by atoms with E-state index in [4.69, 9.17) is 0 Å². The molecule has 1 aliphatic rings. The molecule has 4 nitrogen and oxygen atoms in total. The van der Waals surface area contributed by atoms with Crippen molar-refractivity contribution in [2.24, 2.45) is 0 Å². The van der Waals surface area contributed by atoms with E-state index in [0.29, 0.717) is 5.16 Å². The molecule has 3 rings (SSSR count). The minimum Gasteiger partial charge on any atom is -0.334 e. The summed E-state index contributed by atoms with van der Waals surface area (Å²) in [5.74, 6) is -1.22. The van der Waals surface area contributed by atoms with E-state index in [2.05, 4.69) is 9.97 Å². The molecular weight excluding hydrogens is 368 g/mol. The summed E-state index contributed by atoms with van der Waals surface area (Å²) in [6.07, 6.45) is 3.79. The summed E-state index contributed by atoms with van der Waals surface area (Å²) in [6, 6.07) is 5.69. The lowest BCUT2D eigenvalue weighted by atomic mass is 10.1. The summed E-state index contributed by atoms with van der Waals surface area (Å²) in [5.41, 5.74) is 1.64. The first-order chi connectivity index (χ1) is 12.9. The van der Waals surface area contributed by atoms with Crippen molar-refractivity contribution >= 4 is 17.7 Å². The van der Waals surface area contributed by atoms with Crippen LogP contribution in [0.4, 0.5) is 8.78 Å². The van der Waals surface area contributed by atoms with E-state index in [1.807, 2.05) is 19.9 Å². The standard InChI is InChI=1S/C20H23F2N3OS/c1-13-10-14(2)24-20(23-13)27-12-19(26)25(15-6-3-4-7-15)11-16-17(21)8-5-9-18(16)22/h5,8-10,15H,3-4,6-7,11-12H2,1-2H3. The molecule has 0 radical (unpaired) electrons. The summed E-state index contributed by atoms with van der Waals surface area (Å²) >= 11 is 1.26. The number of nitrogens with zero attached hydrogens (tertiary/aromatic N) is 3. The molecule has 0 aliphatic heterocycles. The highest BCUT2D eigenvalue weighted by atomic mass is 32.2. The lowest BCUT2D eigenvalue weighted by molar-refractivity contribution is -0.131. The van der Waals surface area contributed by atoms with Gasteiger partial charge < -0.3 is 4.90 Å². The van der Waals surface area contributed by atoms with E-state index in [1.165, 1.54) is 30.0 Å². The van der Waals surface area contributed by atoms with Gasteiger partial charge in [-0.25, -0.2) is 18.7 Å². The van der Waals surface area contributed by atoms with Gasteiger partial charge in [0, 0.05) is 23.0 Å². The number of amides is 1. The SMILES string of the molecule is Cc1cc(C)nc(SCC(=O)N(Cc2c(F)cccc2F)C2CCCC2)n1. The quantitative estimate of drug-likeness (QED) is 0.540. The maximum Gasteiger partial charge on any atom is 0.233 e. The number of hydrogen-bond donors (Lipinski definition) is 0. The van der Waals surface area contributed by atoms with Gasteiger partial charge in [-0.05, 0) is 44.9 Å². The zero-order valence-electron chi connectivity index (χ0n) is 15.5. The second-order valence-electron chi connectivity index (χ2n) is 6.88. The molecule has 1 fully saturated rings. The molecule has 0 spiro atoms. The maximum atomic E-state index is 14.1. The third-order valence-electron chi connectivity index (χ3n) is 4.76. The molecule has 1 aromatic carbocycles. The second-order valence-corrected chi connectivity index (χ2v) is 7.82. The lowest BCUT2D eigenvalue weighted by Crippen LogP contribution is -2.40. The highest BCUT2D eigenvalue weighted by molar-refractivity contribution is 7.99. The fraction of sp³-hybridized carbons (Fsp3) is 0.450. The monoisotopic (exact) mass is 391 g/mol. The van der Waals surface area contributed by atoms with Crippen LogP contribution in [-0.4, -0.2) is 32.6 Å². The topological polar surface area (TPSA) is 46.1 Å². The predicted octanol–water partition coefficient (Wildman–Crippen LogP) is 4.44. The van der Waals surface area contributed by atoms with Crippen LogP contribution in [0, 0.1) is 25.5 Å². The van der Waals surface area contributed by atoms with Gasteiger partial charge in [0.05, 0.1) is 12.3 Å². The number of thioether (sulfide) groups is 1. The van der Waals surface area contributed by atoms with Gasteiger partial charge >= 0.3 is 0 Å². The van der Waals surface area contributed by atoms with Crippen LogP contribution < -0.4 is 0 Å². The van der Waals surface area contributed by atoms with Crippen molar-refractivity contribution in [2.45, 2.75) is 57.3 Å². The molecule has 1 aromatic heterocycles. The molecule has 1 amide bonds. The van der Waals surface area contributed by atoms with Crippen molar-refractivity contribution in [1.29, 1.82) is 0 Å². The number of aryl methyl sites for hydroxylation is 2. The van der Waals surface area contributed by atoms with Gasteiger partial charge in [0.25, 0.3) is 0 Å². The zero-order valence-corrected chi connectivity index (χ0v) is 16.4. The van der Waals surface area contributed by atoms with Gasteiger partial charge in [0.2, 0.25) is 5.91 Å². The molecule has 7 heteroatoms. The first-order valence-electron chi connectivity index (χ1n) is 9.11. The van der Waals surface area contributed by atoms with Crippen LogP contribution in [0.25, 0.3) is 0 Å². The van der Waals surface area contributed by atoms with Gasteiger partial charge in [-0.3, -0.25) is 4.79 Å². The molecular formula is C20H23F2N3OS. The number of carbonyl (C=O) groups is 1. The third kappa shape index (κ3) is 5.03. The van der Waals surface area contributed by atoms with Crippen molar-refractivity contribution in [3.63, 3.8) is 0 Å². The van der Waals surface area contributed by atoms with Crippen LogP contribution in [0.5, 0.6) is 0 Å². The number of hydrogen-bond acceptors (Lipinski definition) is 4. The Morgan fingerprint density at radius 2 is 1.74 bits per heavy atom. The first-order valence-corrected chi connectivity index (χ1v) is 10.1. The molecule has 0 saturated heterocycles. The molecule has 0 bridgehead atoms. The van der Waals surface area contributed by atoms with E-state index in [1.54, 1.807) is 4.90 Å². The smallest absolute Gasteiger partial charge is 0.233 e. The van der Waals surface area contributed by atoms with Gasteiger partial charge in [0.15, 0.2) is 5.16 Å². The number of rotatable bonds is 6. The van der Waals surface area contributed by atoms with E-state index in [9.17, 15) is 13.6 Å². The van der Waals surface area contributed by atoms with Crippen LogP contribution in [0.2, 0.25) is 0 Å². The van der Waals surface area contributed by atoms with Crippen molar-refractivity contribution in [3.8, 4) is 0 Å². The molecule has 1 aliphatic carbocycles. The normalized spacial score (nSPS) is 14.5. The largest absolute Gasteiger partial charge is 0.334 e. The first kappa shape index (κ1) is 19.7. The van der Waals surface area contributed by atoms with Crippen molar-refractivity contribution in [3.05, 3.63) is 52.9 Å². The minimum absolute atomic E-state index is 0.0253.